The predicted molar refractivity (Wildman–Crippen MR) is 69.9 cm³/mol. The quantitative estimate of drug-likeness (QED) is 0.798. The molecular weight excluding hydrogens is 244 g/mol. The number of carbonyl (C=O) groups excluding carboxylic acids is 1. The molecule has 0 aliphatic heterocycles. The van der Waals surface area contributed by atoms with Crippen LogP contribution in [-0.4, -0.2) is 39.9 Å². The maximum atomic E-state index is 11.7. The average Bonchev–Trinajstić information content (AvgIpc) is 2.41. The van der Waals surface area contributed by atoms with Gasteiger partial charge in [-0.15, -0.1) is 5.10 Å². The second-order valence-electron chi connectivity index (χ2n) is 4.31. The standard InChI is InChI=1S/C13H14N4O2/c1-16(2)13(19)11-5-3-10(4-6-11)9-17-12(18)7-8-14-15-17/h3-8H,9H2,1-2H3. The molecular formula is C13H14N4O2. The van der Waals surface area contributed by atoms with E-state index < -0.39 is 0 Å². The van der Waals surface area contributed by atoms with Crippen LogP contribution >= 0.6 is 0 Å². The van der Waals surface area contributed by atoms with E-state index in [4.69, 9.17) is 0 Å². The van der Waals surface area contributed by atoms with Gasteiger partial charge in [-0.3, -0.25) is 9.59 Å². The lowest BCUT2D eigenvalue weighted by atomic mass is 10.1. The van der Waals surface area contributed by atoms with Crippen LogP contribution in [0.5, 0.6) is 0 Å². The molecule has 0 aliphatic rings. The second kappa shape index (κ2) is 5.43. The molecule has 0 fully saturated rings. The highest BCUT2D eigenvalue weighted by atomic mass is 16.2. The zero-order valence-corrected chi connectivity index (χ0v) is 10.8. The fourth-order valence-corrected chi connectivity index (χ4v) is 1.61. The minimum Gasteiger partial charge on any atom is -0.345 e. The fraction of sp³-hybridized carbons (Fsp3) is 0.231. The number of amides is 1. The molecule has 98 valence electrons. The lowest BCUT2D eigenvalue weighted by molar-refractivity contribution is 0.0827. The Morgan fingerprint density at radius 3 is 2.47 bits per heavy atom. The first kappa shape index (κ1) is 12.9. The summed E-state index contributed by atoms with van der Waals surface area (Å²) in [5.41, 5.74) is 1.29. The Labute approximate surface area is 110 Å². The summed E-state index contributed by atoms with van der Waals surface area (Å²) in [6, 6.07) is 8.44. The highest BCUT2D eigenvalue weighted by Gasteiger charge is 2.07. The summed E-state index contributed by atoms with van der Waals surface area (Å²) < 4.78 is 1.27. The van der Waals surface area contributed by atoms with Crippen LogP contribution in [-0.2, 0) is 6.54 Å². The molecule has 0 unspecified atom stereocenters. The van der Waals surface area contributed by atoms with Crippen molar-refractivity contribution in [1.82, 2.24) is 19.9 Å². The number of hydrogen-bond donors (Lipinski definition) is 0. The monoisotopic (exact) mass is 258 g/mol. The van der Waals surface area contributed by atoms with Gasteiger partial charge in [0.1, 0.15) is 0 Å². The van der Waals surface area contributed by atoms with Crippen molar-refractivity contribution in [3.05, 3.63) is 58.0 Å². The van der Waals surface area contributed by atoms with Gasteiger partial charge in [0.25, 0.3) is 11.5 Å². The third-order valence-corrected chi connectivity index (χ3v) is 2.64. The SMILES string of the molecule is CN(C)C(=O)c1ccc(Cn2nnccc2=O)cc1. The van der Waals surface area contributed by atoms with Crippen molar-refractivity contribution in [2.24, 2.45) is 0 Å². The summed E-state index contributed by atoms with van der Waals surface area (Å²) in [6.07, 6.45) is 1.36. The van der Waals surface area contributed by atoms with E-state index in [0.717, 1.165) is 5.56 Å². The number of benzene rings is 1. The summed E-state index contributed by atoms with van der Waals surface area (Å²) in [6.45, 7) is 0.336. The number of carbonyl (C=O) groups is 1. The molecule has 0 spiro atoms. The Hall–Kier alpha value is -2.50. The molecule has 0 N–H and O–H groups in total. The van der Waals surface area contributed by atoms with Crippen molar-refractivity contribution in [3.63, 3.8) is 0 Å². The first-order valence-electron chi connectivity index (χ1n) is 5.77. The Morgan fingerprint density at radius 2 is 1.89 bits per heavy atom. The smallest absolute Gasteiger partial charge is 0.269 e. The van der Waals surface area contributed by atoms with Gasteiger partial charge in [0.15, 0.2) is 0 Å². The van der Waals surface area contributed by atoms with Crippen molar-refractivity contribution in [2.75, 3.05) is 14.1 Å². The van der Waals surface area contributed by atoms with Crippen molar-refractivity contribution in [3.8, 4) is 0 Å². The van der Waals surface area contributed by atoms with E-state index >= 15 is 0 Å². The predicted octanol–water partition coefficient (Wildman–Crippen LogP) is 0.388. The van der Waals surface area contributed by atoms with Crippen molar-refractivity contribution >= 4 is 5.91 Å². The molecule has 0 saturated carbocycles. The molecule has 0 atom stereocenters. The molecule has 6 nitrogen and oxygen atoms in total. The lowest BCUT2D eigenvalue weighted by Gasteiger charge is -2.10. The molecule has 0 aliphatic carbocycles. The zero-order valence-electron chi connectivity index (χ0n) is 10.8. The highest BCUT2D eigenvalue weighted by molar-refractivity contribution is 5.93. The molecule has 1 aromatic heterocycles. The zero-order chi connectivity index (χ0) is 13.8. The number of aromatic nitrogens is 3. The molecule has 2 aromatic rings. The van der Waals surface area contributed by atoms with Gasteiger partial charge in [-0.25, -0.2) is 4.68 Å². The van der Waals surface area contributed by atoms with E-state index in [1.165, 1.54) is 21.8 Å². The summed E-state index contributed by atoms with van der Waals surface area (Å²) in [7, 11) is 3.41. The normalized spacial score (nSPS) is 10.2. The van der Waals surface area contributed by atoms with Gasteiger partial charge in [-0.05, 0) is 17.7 Å². The molecule has 6 heteroatoms. The first-order valence-corrected chi connectivity index (χ1v) is 5.77. The summed E-state index contributed by atoms with van der Waals surface area (Å²) in [4.78, 5) is 24.7. The Kier molecular flexibility index (Phi) is 3.70. The van der Waals surface area contributed by atoms with Crippen molar-refractivity contribution in [2.45, 2.75) is 6.54 Å². The fourth-order valence-electron chi connectivity index (χ4n) is 1.61. The molecule has 2 rings (SSSR count). The van der Waals surface area contributed by atoms with Gasteiger partial charge in [-0.1, -0.05) is 17.3 Å². The van der Waals surface area contributed by atoms with Crippen LogP contribution in [0.4, 0.5) is 0 Å². The van der Waals surface area contributed by atoms with E-state index in [9.17, 15) is 9.59 Å². The largest absolute Gasteiger partial charge is 0.345 e. The van der Waals surface area contributed by atoms with E-state index in [0.29, 0.717) is 12.1 Å². The molecule has 1 aromatic carbocycles. The van der Waals surface area contributed by atoms with E-state index in [1.54, 1.807) is 38.4 Å². The van der Waals surface area contributed by atoms with Gasteiger partial charge in [0.05, 0.1) is 12.7 Å². The Morgan fingerprint density at radius 1 is 1.21 bits per heavy atom. The van der Waals surface area contributed by atoms with Gasteiger partial charge in [0, 0.05) is 25.7 Å². The molecule has 19 heavy (non-hydrogen) atoms. The summed E-state index contributed by atoms with van der Waals surface area (Å²) in [5, 5.41) is 7.40. The first-order chi connectivity index (χ1) is 9.08. The maximum absolute atomic E-state index is 11.7. The van der Waals surface area contributed by atoms with Gasteiger partial charge >= 0.3 is 0 Å². The number of hydrogen-bond acceptors (Lipinski definition) is 4. The topological polar surface area (TPSA) is 68.1 Å². The second-order valence-corrected chi connectivity index (χ2v) is 4.31. The molecule has 0 saturated heterocycles. The van der Waals surface area contributed by atoms with E-state index in [2.05, 4.69) is 10.3 Å². The molecule has 0 bridgehead atoms. The molecule has 0 radical (unpaired) electrons. The summed E-state index contributed by atoms with van der Waals surface area (Å²) in [5.74, 6) is -0.0526. The van der Waals surface area contributed by atoms with Crippen LogP contribution in [0.25, 0.3) is 0 Å². The summed E-state index contributed by atoms with van der Waals surface area (Å²) >= 11 is 0. The number of nitrogens with zero attached hydrogens (tertiary/aromatic N) is 4. The third kappa shape index (κ3) is 3.04. The molecule has 1 amide bonds. The van der Waals surface area contributed by atoms with Gasteiger partial charge in [0.2, 0.25) is 0 Å². The number of rotatable bonds is 3. The molecule has 1 heterocycles. The van der Waals surface area contributed by atoms with Crippen LogP contribution in [0.15, 0.2) is 41.3 Å². The minimum atomic E-state index is -0.205. The van der Waals surface area contributed by atoms with E-state index in [1.807, 2.05) is 0 Å². The lowest BCUT2D eigenvalue weighted by Crippen LogP contribution is -2.23. The maximum Gasteiger partial charge on any atom is 0.269 e. The van der Waals surface area contributed by atoms with Crippen molar-refractivity contribution in [1.29, 1.82) is 0 Å². The van der Waals surface area contributed by atoms with Crippen molar-refractivity contribution < 1.29 is 4.79 Å². The Bertz CT molecular complexity index is 632. The van der Waals surface area contributed by atoms with Gasteiger partial charge in [-0.2, -0.15) is 0 Å². The van der Waals surface area contributed by atoms with Crippen LogP contribution in [0.2, 0.25) is 0 Å². The third-order valence-electron chi connectivity index (χ3n) is 2.64. The highest BCUT2D eigenvalue weighted by Crippen LogP contribution is 2.06. The van der Waals surface area contributed by atoms with Crippen LogP contribution < -0.4 is 5.56 Å². The van der Waals surface area contributed by atoms with E-state index in [-0.39, 0.29) is 11.5 Å². The van der Waals surface area contributed by atoms with Crippen LogP contribution in [0.1, 0.15) is 15.9 Å². The van der Waals surface area contributed by atoms with Gasteiger partial charge < -0.3 is 4.90 Å². The minimum absolute atomic E-state index is 0.0526. The average molecular weight is 258 g/mol. The Balaban J connectivity index is 2.18. The van der Waals surface area contributed by atoms with Crippen LogP contribution in [0.3, 0.4) is 0 Å². The van der Waals surface area contributed by atoms with Crippen LogP contribution in [0, 0.1) is 0 Å².